The average molecular weight is 716 g/mol. The van der Waals surface area contributed by atoms with Crippen LogP contribution in [0.2, 0.25) is 0 Å². The van der Waals surface area contributed by atoms with Crippen LogP contribution in [0.4, 0.5) is 0 Å². The number of rotatable bonds is 6. The number of hydrogen-bond donors (Lipinski definition) is 0. The SMILES string of the molecule is CC(C)CC(C)N1C(=O)c2ccc3c4c(Br)cc5c6c(cc(Br)c(c7ccc(c2c37)C1=O)c64)C(=O)N(C(C)CC(C)C)C5=O. The highest BCUT2D eigenvalue weighted by molar-refractivity contribution is 9.11. The molecule has 2 aliphatic heterocycles. The Bertz CT molecular complexity index is 2010. The van der Waals surface area contributed by atoms with Gasteiger partial charge < -0.3 is 0 Å². The summed E-state index contributed by atoms with van der Waals surface area (Å²) in [7, 11) is 0. The molecule has 0 radical (unpaired) electrons. The van der Waals surface area contributed by atoms with Crippen molar-refractivity contribution in [3.05, 3.63) is 67.6 Å². The van der Waals surface area contributed by atoms with Crippen molar-refractivity contribution in [3.63, 3.8) is 0 Å². The van der Waals surface area contributed by atoms with Crippen LogP contribution in [0.15, 0.2) is 45.3 Å². The molecule has 224 valence electrons. The molecule has 8 heteroatoms. The van der Waals surface area contributed by atoms with Crippen LogP contribution in [-0.2, 0) is 0 Å². The normalized spacial score (nSPS) is 16.7. The molecule has 44 heavy (non-hydrogen) atoms. The van der Waals surface area contributed by atoms with E-state index in [1.54, 1.807) is 0 Å². The number of carbonyl (C=O) groups excluding carboxylic acids is 4. The second-order valence-corrected chi connectivity index (χ2v) is 15.0. The van der Waals surface area contributed by atoms with E-state index in [4.69, 9.17) is 0 Å². The molecule has 0 spiro atoms. The van der Waals surface area contributed by atoms with Gasteiger partial charge in [-0.2, -0.15) is 0 Å². The van der Waals surface area contributed by atoms with E-state index in [0.29, 0.717) is 51.3 Å². The van der Waals surface area contributed by atoms with Gasteiger partial charge in [-0.1, -0.05) is 71.7 Å². The van der Waals surface area contributed by atoms with Crippen molar-refractivity contribution in [1.29, 1.82) is 0 Å². The maximum Gasteiger partial charge on any atom is 0.261 e. The van der Waals surface area contributed by atoms with Crippen LogP contribution in [0.3, 0.4) is 0 Å². The minimum atomic E-state index is -0.293. The number of benzene rings is 5. The van der Waals surface area contributed by atoms with Crippen molar-refractivity contribution in [3.8, 4) is 0 Å². The number of nitrogens with zero attached hydrogens (tertiary/aromatic N) is 2. The molecule has 0 N–H and O–H groups in total. The van der Waals surface area contributed by atoms with Gasteiger partial charge in [0.1, 0.15) is 0 Å². The Labute approximate surface area is 272 Å². The third-order valence-corrected chi connectivity index (χ3v) is 10.6. The number of imide groups is 2. The largest absolute Gasteiger partial charge is 0.272 e. The predicted octanol–water partition coefficient (Wildman–Crippen LogP) is 9.32. The molecule has 4 amide bonds. The molecular weight excluding hydrogens is 684 g/mol. The maximum absolute atomic E-state index is 14.0. The first-order valence-electron chi connectivity index (χ1n) is 15.2. The second-order valence-electron chi connectivity index (χ2n) is 13.3. The van der Waals surface area contributed by atoms with Crippen LogP contribution in [-0.4, -0.2) is 45.5 Å². The summed E-state index contributed by atoms with van der Waals surface area (Å²) in [6.45, 7) is 12.2. The summed E-state index contributed by atoms with van der Waals surface area (Å²) in [6.07, 6.45) is 1.43. The molecule has 6 nitrogen and oxygen atoms in total. The number of halogens is 2. The van der Waals surface area contributed by atoms with Crippen molar-refractivity contribution < 1.29 is 19.2 Å². The number of fused-ring (bicyclic) bond motifs is 2. The van der Waals surface area contributed by atoms with E-state index in [2.05, 4.69) is 59.6 Å². The standard InChI is InChI=1S/C36H32Br2N2O4/c1-15(2)11-17(5)39-33(41)21-9-7-19-27-20(8-10-22(28(21)27)34(39)42)31-26(38)14-24-29-23(13-25(37)30(19)32(29)31)35(43)40(36(24)44)18(6)12-16(3)4/h7-10,13-18H,11-12H2,1-6H3. The van der Waals surface area contributed by atoms with Crippen molar-refractivity contribution >= 4 is 98.6 Å². The molecule has 2 aliphatic rings. The predicted molar refractivity (Wildman–Crippen MR) is 182 cm³/mol. The first-order valence-corrected chi connectivity index (χ1v) is 16.8. The Morgan fingerprint density at radius 2 is 0.864 bits per heavy atom. The first kappa shape index (κ1) is 29.4. The lowest BCUT2D eigenvalue weighted by atomic mass is 9.81. The zero-order valence-corrected chi connectivity index (χ0v) is 28.6. The Balaban J connectivity index is 1.56. The van der Waals surface area contributed by atoms with Crippen LogP contribution in [0.25, 0.3) is 43.1 Å². The van der Waals surface area contributed by atoms with Gasteiger partial charge in [0.2, 0.25) is 0 Å². The minimum absolute atomic E-state index is 0.233. The molecule has 0 aliphatic carbocycles. The van der Waals surface area contributed by atoms with Gasteiger partial charge in [-0.05, 0) is 78.9 Å². The molecule has 5 aromatic rings. The third-order valence-electron chi connectivity index (χ3n) is 9.31. The third kappa shape index (κ3) is 3.89. The zero-order chi connectivity index (χ0) is 31.5. The summed E-state index contributed by atoms with van der Waals surface area (Å²) in [5, 5.41) is 6.34. The van der Waals surface area contributed by atoms with Gasteiger partial charge in [0.25, 0.3) is 23.6 Å². The molecule has 2 atom stereocenters. The lowest BCUT2D eigenvalue weighted by molar-refractivity contribution is 0.0519. The molecule has 0 saturated heterocycles. The Morgan fingerprint density at radius 1 is 0.500 bits per heavy atom. The summed E-state index contributed by atoms with van der Waals surface area (Å²) in [4.78, 5) is 58.6. The summed E-state index contributed by atoms with van der Waals surface area (Å²) in [5.41, 5.74) is 2.00. The van der Waals surface area contributed by atoms with Crippen LogP contribution in [0.1, 0.15) is 95.8 Å². The lowest BCUT2D eigenvalue weighted by Crippen LogP contribution is -2.46. The van der Waals surface area contributed by atoms with Crippen LogP contribution in [0, 0.1) is 11.8 Å². The highest BCUT2D eigenvalue weighted by Crippen LogP contribution is 2.50. The average Bonchev–Trinajstić information content (AvgIpc) is 2.94. The molecule has 0 fully saturated rings. The number of amides is 4. The fourth-order valence-corrected chi connectivity index (χ4v) is 9.06. The summed E-state index contributed by atoms with van der Waals surface area (Å²) in [6, 6.07) is 10.7. The van der Waals surface area contributed by atoms with Crippen molar-refractivity contribution in [2.75, 3.05) is 0 Å². The minimum Gasteiger partial charge on any atom is -0.272 e. The van der Waals surface area contributed by atoms with Crippen molar-refractivity contribution in [1.82, 2.24) is 9.80 Å². The van der Waals surface area contributed by atoms with E-state index >= 15 is 0 Å². The van der Waals surface area contributed by atoms with Gasteiger partial charge in [0.15, 0.2) is 0 Å². The monoisotopic (exact) mass is 714 g/mol. The Hall–Kier alpha value is -3.36. The Morgan fingerprint density at radius 3 is 1.25 bits per heavy atom. The number of hydrogen-bond acceptors (Lipinski definition) is 4. The van der Waals surface area contributed by atoms with Crippen molar-refractivity contribution in [2.45, 2.75) is 66.5 Å². The summed E-state index contributed by atoms with van der Waals surface area (Å²) in [5.74, 6) is -0.484. The molecule has 7 rings (SSSR count). The number of carbonyl (C=O) groups is 4. The van der Waals surface area contributed by atoms with Crippen molar-refractivity contribution in [2.24, 2.45) is 11.8 Å². The van der Waals surface area contributed by atoms with Gasteiger partial charge in [-0.3, -0.25) is 29.0 Å². The summed E-state index contributed by atoms with van der Waals surface area (Å²) >= 11 is 7.59. The van der Waals surface area contributed by atoms with Gasteiger partial charge >= 0.3 is 0 Å². The lowest BCUT2D eigenvalue weighted by Gasteiger charge is -2.34. The van der Waals surface area contributed by atoms with E-state index in [-0.39, 0.29) is 35.7 Å². The molecular formula is C36H32Br2N2O4. The molecule has 5 aromatic carbocycles. The molecule has 2 unspecified atom stereocenters. The molecule has 0 bridgehead atoms. The quantitative estimate of drug-likeness (QED) is 0.0998. The van der Waals surface area contributed by atoms with E-state index in [1.807, 2.05) is 50.2 Å². The van der Waals surface area contributed by atoms with Gasteiger partial charge in [0.05, 0.1) is 0 Å². The van der Waals surface area contributed by atoms with Crippen LogP contribution in [0.5, 0.6) is 0 Å². The van der Waals surface area contributed by atoms with E-state index in [9.17, 15) is 19.2 Å². The molecule has 0 saturated carbocycles. The maximum atomic E-state index is 14.0. The second kappa shape index (κ2) is 10.1. The highest BCUT2D eigenvalue weighted by atomic mass is 79.9. The first-order chi connectivity index (χ1) is 20.8. The molecule has 0 aromatic heterocycles. The summed E-state index contributed by atoms with van der Waals surface area (Å²) < 4.78 is 1.44. The van der Waals surface area contributed by atoms with Gasteiger partial charge in [-0.15, -0.1) is 0 Å². The van der Waals surface area contributed by atoms with Gasteiger partial charge in [0, 0.05) is 70.2 Å². The Kier molecular flexibility index (Phi) is 6.72. The zero-order valence-electron chi connectivity index (χ0n) is 25.5. The fourth-order valence-electron chi connectivity index (χ4n) is 7.78. The fraction of sp³-hybridized carbons (Fsp3) is 0.333. The smallest absolute Gasteiger partial charge is 0.261 e. The van der Waals surface area contributed by atoms with E-state index in [1.165, 1.54) is 9.80 Å². The van der Waals surface area contributed by atoms with Crippen LogP contribution < -0.4 is 0 Å². The van der Waals surface area contributed by atoms with E-state index in [0.717, 1.165) is 47.7 Å². The van der Waals surface area contributed by atoms with Crippen LogP contribution >= 0.6 is 31.9 Å². The molecule has 2 heterocycles. The topological polar surface area (TPSA) is 74.8 Å². The highest BCUT2D eigenvalue weighted by Gasteiger charge is 2.40. The van der Waals surface area contributed by atoms with Gasteiger partial charge in [-0.25, -0.2) is 0 Å². The van der Waals surface area contributed by atoms with E-state index < -0.39 is 0 Å².